The van der Waals surface area contributed by atoms with Gasteiger partial charge in [0.15, 0.2) is 0 Å². The van der Waals surface area contributed by atoms with Crippen molar-refractivity contribution in [2.75, 3.05) is 17.2 Å². The molecule has 0 N–H and O–H groups in total. The summed E-state index contributed by atoms with van der Waals surface area (Å²) in [5.41, 5.74) is 1.86. The van der Waals surface area contributed by atoms with Gasteiger partial charge < -0.3 is 4.90 Å². The zero-order valence-electron chi connectivity index (χ0n) is 10.3. The van der Waals surface area contributed by atoms with Gasteiger partial charge in [0, 0.05) is 18.7 Å². The summed E-state index contributed by atoms with van der Waals surface area (Å²) in [4.78, 5) is 17.7. The number of aromatic nitrogens is 3. The number of anilines is 1. The van der Waals surface area contributed by atoms with Crippen LogP contribution in [0.5, 0.6) is 0 Å². The second-order valence-electron chi connectivity index (χ2n) is 4.61. The molecule has 0 bridgehead atoms. The molecule has 19 heavy (non-hydrogen) atoms. The standard InChI is InChI=1S/C13H14N4OS/c18-13-5-10(7-19)6-16(13)11-1-3-12(4-2-11)17-9-14-8-15-17/h1-4,8-10,19H,5-7H2. The molecule has 1 aliphatic heterocycles. The van der Waals surface area contributed by atoms with Crippen molar-refractivity contribution in [2.24, 2.45) is 5.92 Å². The smallest absolute Gasteiger partial charge is 0.227 e. The van der Waals surface area contributed by atoms with Gasteiger partial charge in [0.25, 0.3) is 0 Å². The third-order valence-corrected chi connectivity index (χ3v) is 3.82. The molecule has 2 aromatic rings. The summed E-state index contributed by atoms with van der Waals surface area (Å²) in [6.45, 7) is 0.755. The van der Waals surface area contributed by atoms with Gasteiger partial charge in [-0.25, -0.2) is 9.67 Å². The number of hydrogen-bond donors (Lipinski definition) is 1. The number of amides is 1. The number of hydrogen-bond acceptors (Lipinski definition) is 4. The van der Waals surface area contributed by atoms with Crippen LogP contribution in [-0.2, 0) is 4.79 Å². The van der Waals surface area contributed by atoms with E-state index in [2.05, 4.69) is 22.7 Å². The van der Waals surface area contributed by atoms with Crippen LogP contribution in [0.25, 0.3) is 5.69 Å². The van der Waals surface area contributed by atoms with E-state index in [4.69, 9.17) is 0 Å². The molecule has 1 amide bonds. The maximum absolute atomic E-state index is 11.9. The predicted octanol–water partition coefficient (Wildman–Crippen LogP) is 1.55. The number of nitrogens with zero attached hydrogens (tertiary/aromatic N) is 4. The van der Waals surface area contributed by atoms with E-state index in [-0.39, 0.29) is 5.91 Å². The van der Waals surface area contributed by atoms with Crippen molar-refractivity contribution in [1.82, 2.24) is 14.8 Å². The lowest BCUT2D eigenvalue weighted by molar-refractivity contribution is -0.117. The van der Waals surface area contributed by atoms with Crippen molar-refractivity contribution in [3.63, 3.8) is 0 Å². The van der Waals surface area contributed by atoms with E-state index in [1.165, 1.54) is 6.33 Å². The minimum atomic E-state index is 0.174. The molecular formula is C13H14N4OS. The highest BCUT2D eigenvalue weighted by Crippen LogP contribution is 2.26. The van der Waals surface area contributed by atoms with Gasteiger partial charge in [-0.2, -0.15) is 17.7 Å². The van der Waals surface area contributed by atoms with Crippen LogP contribution >= 0.6 is 12.6 Å². The van der Waals surface area contributed by atoms with Crippen LogP contribution in [0.4, 0.5) is 5.69 Å². The Bertz CT molecular complexity index is 567. The molecule has 1 saturated heterocycles. The molecule has 2 heterocycles. The van der Waals surface area contributed by atoms with Crippen LogP contribution < -0.4 is 4.90 Å². The van der Waals surface area contributed by atoms with E-state index in [1.807, 2.05) is 29.2 Å². The molecule has 0 radical (unpaired) electrons. The van der Waals surface area contributed by atoms with Gasteiger partial charge in [-0.05, 0) is 35.9 Å². The fourth-order valence-corrected chi connectivity index (χ4v) is 2.52. The molecule has 0 spiro atoms. The SMILES string of the molecule is O=C1CC(CS)CN1c1ccc(-n2cncn2)cc1. The predicted molar refractivity (Wildman–Crippen MR) is 75.7 cm³/mol. The molecule has 1 aromatic heterocycles. The van der Waals surface area contributed by atoms with Gasteiger partial charge >= 0.3 is 0 Å². The molecule has 1 fully saturated rings. The molecule has 1 aliphatic rings. The van der Waals surface area contributed by atoms with Crippen molar-refractivity contribution >= 4 is 24.2 Å². The van der Waals surface area contributed by atoms with Gasteiger partial charge in [0.1, 0.15) is 12.7 Å². The monoisotopic (exact) mass is 274 g/mol. The lowest BCUT2D eigenvalue weighted by Crippen LogP contribution is -2.24. The average molecular weight is 274 g/mol. The topological polar surface area (TPSA) is 51.0 Å². The van der Waals surface area contributed by atoms with E-state index in [0.29, 0.717) is 12.3 Å². The maximum Gasteiger partial charge on any atom is 0.227 e. The summed E-state index contributed by atoms with van der Waals surface area (Å²) in [6, 6.07) is 7.75. The van der Waals surface area contributed by atoms with Crippen LogP contribution in [0.15, 0.2) is 36.9 Å². The molecule has 0 saturated carbocycles. The van der Waals surface area contributed by atoms with Crippen molar-refractivity contribution in [3.8, 4) is 5.69 Å². The van der Waals surface area contributed by atoms with E-state index in [9.17, 15) is 4.79 Å². The van der Waals surface area contributed by atoms with Crippen molar-refractivity contribution in [1.29, 1.82) is 0 Å². The van der Waals surface area contributed by atoms with E-state index < -0.39 is 0 Å². The second kappa shape index (κ2) is 5.05. The Kier molecular flexibility index (Phi) is 3.25. The third-order valence-electron chi connectivity index (χ3n) is 3.31. The first-order valence-electron chi connectivity index (χ1n) is 6.14. The number of rotatable bonds is 3. The molecule has 1 aromatic carbocycles. The Labute approximate surface area is 116 Å². The van der Waals surface area contributed by atoms with Crippen molar-refractivity contribution in [2.45, 2.75) is 6.42 Å². The second-order valence-corrected chi connectivity index (χ2v) is 4.98. The zero-order valence-corrected chi connectivity index (χ0v) is 11.2. The van der Waals surface area contributed by atoms with Crippen LogP contribution in [-0.4, -0.2) is 33.0 Å². The zero-order chi connectivity index (χ0) is 13.2. The molecule has 3 rings (SSSR count). The lowest BCUT2D eigenvalue weighted by Gasteiger charge is -2.16. The van der Waals surface area contributed by atoms with Crippen molar-refractivity contribution in [3.05, 3.63) is 36.9 Å². The minimum Gasteiger partial charge on any atom is -0.312 e. The maximum atomic E-state index is 11.9. The fraction of sp³-hybridized carbons (Fsp3) is 0.308. The Morgan fingerprint density at radius 1 is 1.26 bits per heavy atom. The molecule has 5 nitrogen and oxygen atoms in total. The normalized spacial score (nSPS) is 19.1. The summed E-state index contributed by atoms with van der Waals surface area (Å²) < 4.78 is 1.69. The Balaban J connectivity index is 1.81. The quantitative estimate of drug-likeness (QED) is 0.864. The average Bonchev–Trinajstić information content (AvgIpc) is 3.08. The van der Waals surface area contributed by atoms with Crippen LogP contribution in [0.3, 0.4) is 0 Å². The molecule has 1 unspecified atom stereocenters. The first kappa shape index (κ1) is 12.2. The highest BCUT2D eigenvalue weighted by atomic mass is 32.1. The summed E-state index contributed by atoms with van der Waals surface area (Å²) in [6.07, 6.45) is 3.73. The summed E-state index contributed by atoms with van der Waals surface area (Å²) in [5, 5.41) is 4.07. The van der Waals surface area contributed by atoms with E-state index >= 15 is 0 Å². The number of carbonyl (C=O) groups is 1. The largest absolute Gasteiger partial charge is 0.312 e. The minimum absolute atomic E-state index is 0.174. The van der Waals surface area contributed by atoms with Crippen molar-refractivity contribution < 1.29 is 4.79 Å². The summed E-state index contributed by atoms with van der Waals surface area (Å²) in [7, 11) is 0. The molecule has 1 atom stereocenters. The number of carbonyl (C=O) groups excluding carboxylic acids is 1. The van der Waals surface area contributed by atoms with Gasteiger partial charge in [-0.15, -0.1) is 0 Å². The Morgan fingerprint density at radius 2 is 2.00 bits per heavy atom. The molecule has 0 aliphatic carbocycles. The van der Waals surface area contributed by atoms with Crippen LogP contribution in [0.2, 0.25) is 0 Å². The fourth-order valence-electron chi connectivity index (χ4n) is 2.28. The highest BCUT2D eigenvalue weighted by Gasteiger charge is 2.29. The van der Waals surface area contributed by atoms with Gasteiger partial charge in [0.2, 0.25) is 5.91 Å². The van der Waals surface area contributed by atoms with Gasteiger partial charge in [0.05, 0.1) is 5.69 Å². The number of thiol groups is 1. The summed E-state index contributed by atoms with van der Waals surface area (Å²) >= 11 is 4.27. The molecule has 98 valence electrons. The van der Waals surface area contributed by atoms with E-state index in [1.54, 1.807) is 11.0 Å². The van der Waals surface area contributed by atoms with Crippen LogP contribution in [0.1, 0.15) is 6.42 Å². The first-order valence-corrected chi connectivity index (χ1v) is 6.77. The molecular weight excluding hydrogens is 260 g/mol. The van der Waals surface area contributed by atoms with Gasteiger partial charge in [-0.1, -0.05) is 0 Å². The Morgan fingerprint density at radius 3 is 2.58 bits per heavy atom. The van der Waals surface area contributed by atoms with Crippen LogP contribution in [0, 0.1) is 5.92 Å². The lowest BCUT2D eigenvalue weighted by atomic mass is 10.1. The summed E-state index contributed by atoms with van der Waals surface area (Å²) in [5.74, 6) is 1.28. The Hall–Kier alpha value is -1.82. The first-order chi connectivity index (χ1) is 9.28. The third kappa shape index (κ3) is 2.35. The van der Waals surface area contributed by atoms with E-state index in [0.717, 1.165) is 23.7 Å². The number of benzene rings is 1. The van der Waals surface area contributed by atoms with Gasteiger partial charge in [-0.3, -0.25) is 4.79 Å². The molecule has 6 heteroatoms. The highest BCUT2D eigenvalue weighted by molar-refractivity contribution is 7.80.